The van der Waals surface area contributed by atoms with Gasteiger partial charge in [0.15, 0.2) is 0 Å². The van der Waals surface area contributed by atoms with Gasteiger partial charge < -0.3 is 10.6 Å². The van der Waals surface area contributed by atoms with Crippen LogP contribution in [0.1, 0.15) is 56.6 Å². The van der Waals surface area contributed by atoms with Crippen molar-refractivity contribution in [3.05, 3.63) is 71.8 Å². The second-order valence-corrected chi connectivity index (χ2v) is 8.68. The summed E-state index contributed by atoms with van der Waals surface area (Å²) in [6, 6.07) is 19.4. The molecule has 0 bridgehead atoms. The summed E-state index contributed by atoms with van der Waals surface area (Å²) in [4.78, 5) is 39.2. The van der Waals surface area contributed by atoms with Crippen molar-refractivity contribution in [3.8, 4) is 0 Å². The smallest absolute Gasteiger partial charge is 0.325 e. The van der Waals surface area contributed by atoms with Gasteiger partial charge in [-0.15, -0.1) is 0 Å². The van der Waals surface area contributed by atoms with Crippen molar-refractivity contribution >= 4 is 17.8 Å². The zero-order chi connectivity index (χ0) is 21.9. The fraction of sp³-hybridized carbons (Fsp3) is 0.400. The van der Waals surface area contributed by atoms with E-state index in [0.717, 1.165) is 24.0 Å². The Kier molecular flexibility index (Phi) is 5.81. The van der Waals surface area contributed by atoms with Crippen molar-refractivity contribution in [1.29, 1.82) is 0 Å². The first-order valence-corrected chi connectivity index (χ1v) is 11.0. The highest BCUT2D eigenvalue weighted by Gasteiger charge is 2.52. The minimum absolute atomic E-state index is 0.113. The van der Waals surface area contributed by atoms with Crippen LogP contribution >= 0.6 is 0 Å². The van der Waals surface area contributed by atoms with Crippen LogP contribution < -0.4 is 10.6 Å². The number of urea groups is 1. The average Bonchev–Trinajstić information content (AvgIpc) is 3.35. The molecule has 2 aliphatic rings. The second kappa shape index (κ2) is 8.53. The van der Waals surface area contributed by atoms with Gasteiger partial charge in [-0.3, -0.25) is 14.5 Å². The maximum Gasteiger partial charge on any atom is 0.325 e. The number of hydrogen-bond acceptors (Lipinski definition) is 3. The van der Waals surface area contributed by atoms with Gasteiger partial charge >= 0.3 is 6.03 Å². The van der Waals surface area contributed by atoms with E-state index < -0.39 is 11.1 Å². The summed E-state index contributed by atoms with van der Waals surface area (Å²) in [6.45, 7) is 2.25. The number of nitrogens with one attached hydrogen (secondary N) is 2. The van der Waals surface area contributed by atoms with Gasteiger partial charge in [0.2, 0.25) is 5.91 Å². The van der Waals surface area contributed by atoms with Gasteiger partial charge in [-0.2, -0.15) is 0 Å². The second-order valence-electron chi connectivity index (χ2n) is 8.68. The van der Waals surface area contributed by atoms with Crippen LogP contribution in [0.4, 0.5) is 4.79 Å². The maximum atomic E-state index is 12.9. The molecule has 0 radical (unpaired) electrons. The molecule has 1 spiro atoms. The number of rotatable bonds is 7. The van der Waals surface area contributed by atoms with Crippen LogP contribution in [0.25, 0.3) is 0 Å². The van der Waals surface area contributed by atoms with E-state index in [1.54, 1.807) is 0 Å². The number of amides is 4. The van der Waals surface area contributed by atoms with E-state index >= 15 is 0 Å². The summed E-state index contributed by atoms with van der Waals surface area (Å²) in [7, 11) is 0. The third-order valence-corrected chi connectivity index (χ3v) is 6.58. The van der Waals surface area contributed by atoms with Crippen molar-refractivity contribution in [1.82, 2.24) is 15.5 Å². The third-order valence-electron chi connectivity index (χ3n) is 6.58. The Morgan fingerprint density at radius 2 is 1.55 bits per heavy atom. The molecule has 2 fully saturated rings. The number of carbonyl (C=O) groups is 3. The Balaban J connectivity index is 1.40. The van der Waals surface area contributed by atoms with Crippen molar-refractivity contribution < 1.29 is 14.4 Å². The fourth-order valence-electron chi connectivity index (χ4n) is 4.79. The van der Waals surface area contributed by atoms with Gasteiger partial charge in [0.1, 0.15) is 5.54 Å². The lowest BCUT2D eigenvalue weighted by molar-refractivity contribution is -0.131. The standard InChI is InChI=1S/C25H29N3O3/c1-24(19-11-4-2-5-12-19,20-13-6-3-7-14-20)26-21(29)15-10-18-28-22(30)25(27-23(28)31)16-8-9-17-25/h2-7,11-14H,8-10,15-18H2,1H3,(H,26,29)(H,27,31). The summed E-state index contributed by atoms with van der Waals surface area (Å²) < 4.78 is 0. The molecule has 0 unspecified atom stereocenters. The van der Waals surface area contributed by atoms with Gasteiger partial charge in [-0.05, 0) is 37.3 Å². The largest absolute Gasteiger partial charge is 0.343 e. The van der Waals surface area contributed by atoms with Gasteiger partial charge in [-0.1, -0.05) is 73.5 Å². The Bertz CT molecular complexity index is 913. The molecule has 0 aromatic heterocycles. The lowest BCUT2D eigenvalue weighted by atomic mass is 9.84. The molecule has 6 nitrogen and oxygen atoms in total. The third kappa shape index (κ3) is 4.07. The van der Waals surface area contributed by atoms with Gasteiger partial charge in [0, 0.05) is 13.0 Å². The Labute approximate surface area is 183 Å². The molecule has 2 aromatic rings. The van der Waals surface area contributed by atoms with Crippen LogP contribution in [-0.4, -0.2) is 34.8 Å². The van der Waals surface area contributed by atoms with Crippen LogP contribution in [-0.2, 0) is 15.1 Å². The molecular formula is C25H29N3O3. The predicted octanol–water partition coefficient (Wildman–Crippen LogP) is 3.71. The highest BCUT2D eigenvalue weighted by molar-refractivity contribution is 6.07. The van der Waals surface area contributed by atoms with Gasteiger partial charge in [-0.25, -0.2) is 4.79 Å². The first-order valence-electron chi connectivity index (χ1n) is 11.0. The van der Waals surface area contributed by atoms with Gasteiger partial charge in [0.05, 0.1) is 5.54 Å². The van der Waals surface area contributed by atoms with E-state index in [2.05, 4.69) is 10.6 Å². The molecule has 6 heteroatoms. The summed E-state index contributed by atoms with van der Waals surface area (Å²) >= 11 is 0. The van der Waals surface area contributed by atoms with E-state index in [1.165, 1.54) is 4.90 Å². The zero-order valence-electron chi connectivity index (χ0n) is 17.9. The molecule has 2 N–H and O–H groups in total. The molecule has 0 atom stereocenters. The Morgan fingerprint density at radius 3 is 2.10 bits per heavy atom. The first kappa shape index (κ1) is 21.1. The van der Waals surface area contributed by atoms with E-state index in [-0.39, 0.29) is 30.8 Å². The maximum absolute atomic E-state index is 12.9. The number of benzene rings is 2. The number of nitrogens with zero attached hydrogens (tertiary/aromatic N) is 1. The molecule has 1 saturated heterocycles. The minimum atomic E-state index is -0.696. The molecular weight excluding hydrogens is 390 g/mol. The monoisotopic (exact) mass is 419 g/mol. The van der Waals surface area contributed by atoms with Crippen LogP contribution in [0, 0.1) is 0 Å². The van der Waals surface area contributed by atoms with Crippen molar-refractivity contribution in [2.75, 3.05) is 6.54 Å². The van der Waals surface area contributed by atoms with Crippen LogP contribution in [0.3, 0.4) is 0 Å². The summed E-state index contributed by atoms with van der Waals surface area (Å²) in [6.07, 6.45) is 4.00. The lowest BCUT2D eigenvalue weighted by Gasteiger charge is -2.32. The fourth-order valence-corrected chi connectivity index (χ4v) is 4.79. The molecule has 1 saturated carbocycles. The highest BCUT2D eigenvalue weighted by atomic mass is 16.2. The van der Waals surface area contributed by atoms with Crippen molar-refractivity contribution in [3.63, 3.8) is 0 Å². The predicted molar refractivity (Wildman–Crippen MR) is 118 cm³/mol. The van der Waals surface area contributed by atoms with E-state index in [0.29, 0.717) is 19.3 Å². The Morgan fingerprint density at radius 1 is 1.00 bits per heavy atom. The molecule has 162 valence electrons. The number of imide groups is 1. The summed E-state index contributed by atoms with van der Waals surface area (Å²) in [5.41, 5.74) is 0.617. The molecule has 1 aliphatic carbocycles. The quantitative estimate of drug-likeness (QED) is 0.672. The van der Waals surface area contributed by atoms with Crippen LogP contribution in [0.2, 0.25) is 0 Å². The molecule has 31 heavy (non-hydrogen) atoms. The van der Waals surface area contributed by atoms with Crippen molar-refractivity contribution in [2.45, 2.75) is 56.5 Å². The van der Waals surface area contributed by atoms with E-state index in [1.807, 2.05) is 67.6 Å². The SMILES string of the molecule is CC(NC(=O)CCCN1C(=O)NC2(CCCC2)C1=O)(c1ccccc1)c1ccccc1. The summed E-state index contributed by atoms with van der Waals surface area (Å²) in [5.74, 6) is -0.244. The highest BCUT2D eigenvalue weighted by Crippen LogP contribution is 2.35. The molecule has 4 rings (SSSR count). The first-order chi connectivity index (χ1) is 14.9. The number of hydrogen-bond donors (Lipinski definition) is 2. The molecule has 1 heterocycles. The van der Waals surface area contributed by atoms with Gasteiger partial charge in [0.25, 0.3) is 5.91 Å². The minimum Gasteiger partial charge on any atom is -0.343 e. The van der Waals surface area contributed by atoms with E-state index in [4.69, 9.17) is 0 Å². The normalized spacial score (nSPS) is 17.8. The van der Waals surface area contributed by atoms with E-state index in [9.17, 15) is 14.4 Å². The molecule has 2 aromatic carbocycles. The molecule has 1 aliphatic heterocycles. The Hall–Kier alpha value is -3.15. The topological polar surface area (TPSA) is 78.5 Å². The zero-order valence-corrected chi connectivity index (χ0v) is 17.9. The summed E-state index contributed by atoms with van der Waals surface area (Å²) in [5, 5.41) is 6.06. The van der Waals surface area contributed by atoms with Crippen LogP contribution in [0.5, 0.6) is 0 Å². The van der Waals surface area contributed by atoms with Crippen molar-refractivity contribution in [2.24, 2.45) is 0 Å². The average molecular weight is 420 g/mol. The van der Waals surface area contributed by atoms with Crippen LogP contribution in [0.15, 0.2) is 60.7 Å². The number of carbonyl (C=O) groups excluding carboxylic acids is 3. The lowest BCUT2D eigenvalue weighted by Crippen LogP contribution is -2.45. The molecule has 4 amide bonds.